The van der Waals surface area contributed by atoms with Crippen molar-refractivity contribution < 1.29 is 4.79 Å². The van der Waals surface area contributed by atoms with Crippen molar-refractivity contribution in [2.75, 3.05) is 5.32 Å². The fourth-order valence-electron chi connectivity index (χ4n) is 1.60. The Kier molecular flexibility index (Phi) is 3.28. The molecule has 0 unspecified atom stereocenters. The first-order valence-corrected chi connectivity index (χ1v) is 4.92. The molecule has 0 aliphatic carbocycles. The highest BCUT2D eigenvalue weighted by Crippen LogP contribution is 2.20. The van der Waals surface area contributed by atoms with Gasteiger partial charge in [-0.15, -0.1) is 0 Å². The largest absolute Gasteiger partial charge is 0.326 e. The number of rotatable bonds is 2. The van der Waals surface area contributed by atoms with Gasteiger partial charge in [0.1, 0.15) is 0 Å². The van der Waals surface area contributed by atoms with Crippen LogP contribution in [0.5, 0.6) is 0 Å². The molecule has 0 heterocycles. The zero-order valence-electron chi connectivity index (χ0n) is 9.27. The fraction of sp³-hybridized carbons (Fsp3) is 0.417. The Morgan fingerprint density at radius 3 is 2.43 bits per heavy atom. The van der Waals surface area contributed by atoms with Crippen LogP contribution in [0.15, 0.2) is 12.1 Å². The summed E-state index contributed by atoms with van der Waals surface area (Å²) >= 11 is 0. The second-order valence-corrected chi connectivity index (χ2v) is 3.63. The Hall–Kier alpha value is -1.31. The lowest BCUT2D eigenvalue weighted by Gasteiger charge is -2.11. The Morgan fingerprint density at radius 2 is 1.93 bits per heavy atom. The van der Waals surface area contributed by atoms with Crippen molar-refractivity contribution in [3.8, 4) is 0 Å². The van der Waals surface area contributed by atoms with E-state index in [1.54, 1.807) is 0 Å². The third kappa shape index (κ3) is 2.34. The second kappa shape index (κ2) is 4.27. The molecule has 1 aromatic rings. The maximum atomic E-state index is 10.9. The molecule has 0 aromatic heterocycles. The molecule has 0 saturated heterocycles. The SMILES string of the molecule is CCc1cc(NC(C)=O)c(C)cc1C. The number of hydrogen-bond acceptors (Lipinski definition) is 1. The second-order valence-electron chi connectivity index (χ2n) is 3.63. The summed E-state index contributed by atoms with van der Waals surface area (Å²) in [4.78, 5) is 10.9. The van der Waals surface area contributed by atoms with Gasteiger partial charge in [0.2, 0.25) is 5.91 Å². The van der Waals surface area contributed by atoms with Gasteiger partial charge in [-0.05, 0) is 43.0 Å². The molecule has 0 saturated carbocycles. The molecule has 76 valence electrons. The van der Waals surface area contributed by atoms with Crippen LogP contribution in [0, 0.1) is 13.8 Å². The number of benzene rings is 1. The average Bonchev–Trinajstić information content (AvgIpc) is 2.09. The summed E-state index contributed by atoms with van der Waals surface area (Å²) in [6.07, 6.45) is 0.999. The molecule has 14 heavy (non-hydrogen) atoms. The van der Waals surface area contributed by atoms with Crippen LogP contribution in [-0.4, -0.2) is 5.91 Å². The number of nitrogens with one attached hydrogen (secondary N) is 1. The van der Waals surface area contributed by atoms with Crippen LogP contribution in [0.1, 0.15) is 30.5 Å². The van der Waals surface area contributed by atoms with Crippen LogP contribution in [-0.2, 0) is 11.2 Å². The number of amides is 1. The van der Waals surface area contributed by atoms with Crippen molar-refractivity contribution in [3.63, 3.8) is 0 Å². The summed E-state index contributed by atoms with van der Waals surface area (Å²) in [5.41, 5.74) is 4.63. The van der Waals surface area contributed by atoms with Gasteiger partial charge in [-0.2, -0.15) is 0 Å². The Bertz CT molecular complexity index is 356. The average molecular weight is 191 g/mol. The van der Waals surface area contributed by atoms with Gasteiger partial charge in [0.05, 0.1) is 0 Å². The maximum Gasteiger partial charge on any atom is 0.221 e. The molecule has 2 heteroatoms. The first kappa shape index (κ1) is 10.8. The van der Waals surface area contributed by atoms with Crippen molar-refractivity contribution in [2.45, 2.75) is 34.1 Å². The van der Waals surface area contributed by atoms with Gasteiger partial charge in [0, 0.05) is 12.6 Å². The van der Waals surface area contributed by atoms with Gasteiger partial charge in [-0.3, -0.25) is 4.79 Å². The van der Waals surface area contributed by atoms with E-state index in [4.69, 9.17) is 0 Å². The lowest BCUT2D eigenvalue weighted by atomic mass is 10.0. The molecule has 0 aliphatic rings. The number of carbonyl (C=O) groups is 1. The molecule has 0 bridgehead atoms. The number of anilines is 1. The minimum Gasteiger partial charge on any atom is -0.326 e. The van der Waals surface area contributed by atoms with Crippen molar-refractivity contribution in [1.82, 2.24) is 0 Å². The summed E-state index contributed by atoms with van der Waals surface area (Å²) in [5, 5.41) is 2.84. The van der Waals surface area contributed by atoms with Crippen LogP contribution >= 0.6 is 0 Å². The third-order valence-corrected chi connectivity index (χ3v) is 2.37. The van der Waals surface area contributed by atoms with Gasteiger partial charge in [-0.1, -0.05) is 13.0 Å². The zero-order chi connectivity index (χ0) is 10.7. The maximum absolute atomic E-state index is 10.9. The van der Waals surface area contributed by atoms with E-state index in [0.717, 1.165) is 17.7 Å². The topological polar surface area (TPSA) is 29.1 Å². The Labute approximate surface area is 85.3 Å². The molecule has 0 aliphatic heterocycles. The first-order chi connectivity index (χ1) is 6.54. The van der Waals surface area contributed by atoms with Gasteiger partial charge in [-0.25, -0.2) is 0 Å². The first-order valence-electron chi connectivity index (χ1n) is 4.92. The Morgan fingerprint density at radius 1 is 1.29 bits per heavy atom. The van der Waals surface area contributed by atoms with Crippen LogP contribution in [0.4, 0.5) is 5.69 Å². The molecule has 0 spiro atoms. The summed E-state index contributed by atoms with van der Waals surface area (Å²) in [6.45, 7) is 7.77. The van der Waals surface area contributed by atoms with E-state index in [1.807, 2.05) is 6.92 Å². The van der Waals surface area contributed by atoms with Crippen molar-refractivity contribution in [3.05, 3.63) is 28.8 Å². The standard InChI is InChI=1S/C12H17NO/c1-5-11-7-12(13-10(4)14)9(3)6-8(11)2/h6-7H,5H2,1-4H3,(H,13,14). The van der Waals surface area contributed by atoms with Crippen LogP contribution in [0.25, 0.3) is 0 Å². The highest BCUT2D eigenvalue weighted by molar-refractivity contribution is 5.89. The summed E-state index contributed by atoms with van der Waals surface area (Å²) < 4.78 is 0. The molecule has 1 amide bonds. The molecule has 1 N–H and O–H groups in total. The molecule has 1 rings (SSSR count). The van der Waals surface area contributed by atoms with Gasteiger partial charge in [0.25, 0.3) is 0 Å². The van der Waals surface area contributed by atoms with E-state index in [2.05, 4.69) is 31.3 Å². The third-order valence-electron chi connectivity index (χ3n) is 2.37. The van der Waals surface area contributed by atoms with E-state index in [1.165, 1.54) is 18.1 Å². The number of hydrogen-bond donors (Lipinski definition) is 1. The Balaban J connectivity index is 3.10. The van der Waals surface area contributed by atoms with Crippen LogP contribution in [0.3, 0.4) is 0 Å². The van der Waals surface area contributed by atoms with Gasteiger partial charge in [0.15, 0.2) is 0 Å². The van der Waals surface area contributed by atoms with E-state index < -0.39 is 0 Å². The molecule has 1 aromatic carbocycles. The lowest BCUT2D eigenvalue weighted by molar-refractivity contribution is -0.114. The van der Waals surface area contributed by atoms with E-state index in [-0.39, 0.29) is 5.91 Å². The van der Waals surface area contributed by atoms with E-state index in [0.29, 0.717) is 0 Å². The normalized spacial score (nSPS) is 10.0. The number of carbonyl (C=O) groups excluding carboxylic acids is 1. The van der Waals surface area contributed by atoms with Gasteiger partial charge < -0.3 is 5.32 Å². The molecular formula is C12H17NO. The minimum absolute atomic E-state index is 0.0148. The molecular weight excluding hydrogens is 174 g/mol. The zero-order valence-corrected chi connectivity index (χ0v) is 9.27. The van der Waals surface area contributed by atoms with Gasteiger partial charge >= 0.3 is 0 Å². The molecule has 0 fully saturated rings. The van der Waals surface area contributed by atoms with Crippen molar-refractivity contribution in [2.24, 2.45) is 0 Å². The monoisotopic (exact) mass is 191 g/mol. The van der Waals surface area contributed by atoms with Crippen molar-refractivity contribution in [1.29, 1.82) is 0 Å². The predicted octanol–water partition coefficient (Wildman–Crippen LogP) is 2.82. The van der Waals surface area contributed by atoms with E-state index in [9.17, 15) is 4.79 Å². The smallest absolute Gasteiger partial charge is 0.221 e. The summed E-state index contributed by atoms with van der Waals surface area (Å²) in [6, 6.07) is 4.18. The van der Waals surface area contributed by atoms with Crippen LogP contribution < -0.4 is 5.32 Å². The molecule has 0 atom stereocenters. The van der Waals surface area contributed by atoms with Crippen LogP contribution in [0.2, 0.25) is 0 Å². The van der Waals surface area contributed by atoms with E-state index >= 15 is 0 Å². The lowest BCUT2D eigenvalue weighted by Crippen LogP contribution is -2.08. The molecule has 2 nitrogen and oxygen atoms in total. The highest BCUT2D eigenvalue weighted by atomic mass is 16.1. The number of aryl methyl sites for hydroxylation is 3. The highest BCUT2D eigenvalue weighted by Gasteiger charge is 2.04. The summed E-state index contributed by atoms with van der Waals surface area (Å²) in [5.74, 6) is -0.0148. The minimum atomic E-state index is -0.0148. The fourth-order valence-corrected chi connectivity index (χ4v) is 1.60. The predicted molar refractivity (Wildman–Crippen MR) is 59.6 cm³/mol. The van der Waals surface area contributed by atoms with Crippen molar-refractivity contribution >= 4 is 11.6 Å². The quantitative estimate of drug-likeness (QED) is 0.765. The molecule has 0 radical (unpaired) electrons. The summed E-state index contributed by atoms with van der Waals surface area (Å²) in [7, 11) is 0.